The first kappa shape index (κ1) is 15.6. The Hall–Kier alpha value is -0.410. The first-order valence-corrected chi connectivity index (χ1v) is 7.75. The fourth-order valence-corrected chi connectivity index (χ4v) is 3.56. The van der Waals surface area contributed by atoms with Crippen molar-refractivity contribution in [3.8, 4) is 6.07 Å². The Morgan fingerprint density at radius 3 is 2.67 bits per heavy atom. The maximum Gasteiger partial charge on any atom is 0.0702 e. The van der Waals surface area contributed by atoms with Gasteiger partial charge in [0.2, 0.25) is 0 Å². The highest BCUT2D eigenvalue weighted by atomic mass is 79.9. The topological polar surface area (TPSA) is 53.0 Å². The highest BCUT2D eigenvalue weighted by Gasteiger charge is 2.21. The summed E-state index contributed by atoms with van der Waals surface area (Å²) in [6.07, 6.45) is 0.551. The predicted octanol–water partition coefficient (Wildman–Crippen LogP) is 3.38. The van der Waals surface area contributed by atoms with Crippen LogP contribution in [0.4, 0.5) is 0 Å². The summed E-state index contributed by atoms with van der Waals surface area (Å²) in [6, 6.07) is 6.61. The van der Waals surface area contributed by atoms with Crippen LogP contribution in [0.3, 0.4) is 0 Å². The van der Waals surface area contributed by atoms with E-state index in [4.69, 9.17) is 11.0 Å². The van der Waals surface area contributed by atoms with Gasteiger partial charge in [0, 0.05) is 30.9 Å². The van der Waals surface area contributed by atoms with Crippen molar-refractivity contribution in [1.82, 2.24) is 4.90 Å². The molecule has 0 bridgehead atoms. The van der Waals surface area contributed by atoms with Crippen LogP contribution in [-0.2, 0) is 0 Å². The summed E-state index contributed by atoms with van der Waals surface area (Å²) < 4.78 is 1.13. The van der Waals surface area contributed by atoms with Crippen molar-refractivity contribution in [1.29, 1.82) is 5.26 Å². The van der Waals surface area contributed by atoms with Gasteiger partial charge < -0.3 is 5.73 Å². The fourth-order valence-electron chi connectivity index (χ4n) is 1.99. The van der Waals surface area contributed by atoms with Crippen LogP contribution in [0, 0.1) is 17.2 Å². The van der Waals surface area contributed by atoms with Crippen LogP contribution in [0.25, 0.3) is 0 Å². The molecule has 1 atom stereocenters. The lowest BCUT2D eigenvalue weighted by atomic mass is 10.1. The number of nitrogens with two attached hydrogens (primary N) is 1. The second kappa shape index (κ2) is 7.90. The maximum absolute atomic E-state index is 8.77. The molecule has 0 aliphatic rings. The lowest BCUT2D eigenvalue weighted by Crippen LogP contribution is -2.36. The minimum atomic E-state index is 0.219. The number of rotatable bonds is 7. The van der Waals surface area contributed by atoms with Crippen LogP contribution >= 0.6 is 27.3 Å². The average molecular weight is 330 g/mol. The summed E-state index contributed by atoms with van der Waals surface area (Å²) in [5.41, 5.74) is 5.93. The van der Waals surface area contributed by atoms with Crippen molar-refractivity contribution >= 4 is 27.3 Å². The van der Waals surface area contributed by atoms with Gasteiger partial charge in [-0.25, -0.2) is 0 Å². The highest BCUT2D eigenvalue weighted by molar-refractivity contribution is 9.11. The number of hydrogen-bond donors (Lipinski definition) is 1. The molecule has 0 aliphatic carbocycles. The molecule has 0 radical (unpaired) electrons. The Morgan fingerprint density at radius 1 is 1.50 bits per heavy atom. The van der Waals surface area contributed by atoms with Gasteiger partial charge >= 0.3 is 0 Å². The van der Waals surface area contributed by atoms with Gasteiger partial charge in [0.1, 0.15) is 0 Å². The average Bonchev–Trinajstić information content (AvgIpc) is 2.72. The lowest BCUT2D eigenvalue weighted by Gasteiger charge is -2.31. The summed E-state index contributed by atoms with van der Waals surface area (Å²) >= 11 is 5.21. The summed E-state index contributed by atoms with van der Waals surface area (Å²) in [7, 11) is 0. The molecule has 3 nitrogen and oxygen atoms in total. The van der Waals surface area contributed by atoms with Gasteiger partial charge in [-0.1, -0.05) is 13.8 Å². The summed E-state index contributed by atoms with van der Waals surface area (Å²) in [5, 5.41) is 8.77. The molecule has 0 saturated carbocycles. The van der Waals surface area contributed by atoms with E-state index in [1.165, 1.54) is 4.88 Å². The molecular weight excluding hydrogens is 310 g/mol. The minimum absolute atomic E-state index is 0.219. The summed E-state index contributed by atoms with van der Waals surface area (Å²) in [4.78, 5) is 3.59. The van der Waals surface area contributed by atoms with E-state index < -0.39 is 0 Å². The largest absolute Gasteiger partial charge is 0.329 e. The third kappa shape index (κ3) is 4.69. The fraction of sp³-hybridized carbons (Fsp3) is 0.615. The monoisotopic (exact) mass is 329 g/mol. The Labute approximate surface area is 122 Å². The van der Waals surface area contributed by atoms with Crippen LogP contribution in [0.15, 0.2) is 15.9 Å². The molecule has 0 aromatic carbocycles. The van der Waals surface area contributed by atoms with E-state index in [1.54, 1.807) is 11.3 Å². The number of nitrogens with zero attached hydrogens (tertiary/aromatic N) is 2. The van der Waals surface area contributed by atoms with Crippen molar-refractivity contribution in [2.24, 2.45) is 11.7 Å². The molecule has 18 heavy (non-hydrogen) atoms. The molecule has 0 spiro atoms. The molecule has 1 unspecified atom stereocenters. The van der Waals surface area contributed by atoms with Crippen LogP contribution in [0.2, 0.25) is 0 Å². The third-order valence-electron chi connectivity index (χ3n) is 2.70. The molecule has 2 N–H and O–H groups in total. The third-order valence-corrected chi connectivity index (χ3v) is 4.42. The van der Waals surface area contributed by atoms with Crippen molar-refractivity contribution in [2.45, 2.75) is 26.3 Å². The zero-order valence-electron chi connectivity index (χ0n) is 10.9. The molecule has 1 aromatic heterocycles. The summed E-state index contributed by atoms with van der Waals surface area (Å²) in [6.45, 7) is 6.73. The Balaban J connectivity index is 2.82. The van der Waals surface area contributed by atoms with E-state index in [2.05, 4.69) is 52.9 Å². The normalized spacial score (nSPS) is 12.9. The number of nitriles is 1. The van der Waals surface area contributed by atoms with E-state index in [9.17, 15) is 0 Å². The van der Waals surface area contributed by atoms with Gasteiger partial charge in [0.05, 0.1) is 15.9 Å². The second-order valence-electron chi connectivity index (χ2n) is 4.69. The van der Waals surface area contributed by atoms with Gasteiger partial charge in [-0.3, -0.25) is 4.90 Å². The van der Waals surface area contributed by atoms with Gasteiger partial charge in [-0.05, 0) is 34.0 Å². The highest BCUT2D eigenvalue weighted by Crippen LogP contribution is 2.30. The van der Waals surface area contributed by atoms with Crippen LogP contribution in [-0.4, -0.2) is 24.5 Å². The van der Waals surface area contributed by atoms with E-state index in [1.807, 2.05) is 0 Å². The van der Waals surface area contributed by atoms with E-state index in [0.717, 1.165) is 16.9 Å². The molecule has 1 rings (SSSR count). The molecule has 5 heteroatoms. The zero-order chi connectivity index (χ0) is 13.5. The molecule has 1 heterocycles. The molecule has 0 saturated heterocycles. The molecule has 0 aliphatic heterocycles. The first-order valence-electron chi connectivity index (χ1n) is 6.14. The molecule has 100 valence electrons. The number of hydrogen-bond acceptors (Lipinski definition) is 4. The SMILES string of the molecule is CC(C)CN(CCC#N)C(CN)c1ccc(Br)s1. The predicted molar refractivity (Wildman–Crippen MR) is 80.5 cm³/mol. The van der Waals surface area contributed by atoms with E-state index in [-0.39, 0.29) is 6.04 Å². The van der Waals surface area contributed by atoms with Gasteiger partial charge in [0.15, 0.2) is 0 Å². The quantitative estimate of drug-likeness (QED) is 0.834. The molecule has 0 amide bonds. The Kier molecular flexibility index (Phi) is 6.87. The number of halogens is 1. The minimum Gasteiger partial charge on any atom is -0.329 e. The number of thiophene rings is 1. The Morgan fingerprint density at radius 2 is 2.22 bits per heavy atom. The maximum atomic E-state index is 8.77. The van der Waals surface area contributed by atoms with Gasteiger partial charge in [0.25, 0.3) is 0 Å². The smallest absolute Gasteiger partial charge is 0.0702 e. The van der Waals surface area contributed by atoms with Crippen molar-refractivity contribution < 1.29 is 0 Å². The van der Waals surface area contributed by atoms with Gasteiger partial charge in [-0.2, -0.15) is 5.26 Å². The van der Waals surface area contributed by atoms with Crippen molar-refractivity contribution in [2.75, 3.05) is 19.6 Å². The van der Waals surface area contributed by atoms with Gasteiger partial charge in [-0.15, -0.1) is 11.3 Å². The zero-order valence-corrected chi connectivity index (χ0v) is 13.3. The van der Waals surface area contributed by atoms with E-state index in [0.29, 0.717) is 18.9 Å². The van der Waals surface area contributed by atoms with Crippen LogP contribution < -0.4 is 5.73 Å². The first-order chi connectivity index (χ1) is 8.58. The van der Waals surface area contributed by atoms with Crippen LogP contribution in [0.1, 0.15) is 31.2 Å². The molecule has 0 fully saturated rings. The second-order valence-corrected chi connectivity index (χ2v) is 7.18. The van der Waals surface area contributed by atoms with Crippen molar-refractivity contribution in [3.63, 3.8) is 0 Å². The van der Waals surface area contributed by atoms with Crippen LogP contribution in [0.5, 0.6) is 0 Å². The Bertz CT molecular complexity index is 397. The standard InChI is InChI=1S/C13H20BrN3S/c1-10(2)9-17(7-3-6-15)11(8-16)12-4-5-13(14)18-12/h4-5,10-11H,3,7-9,16H2,1-2H3. The van der Waals surface area contributed by atoms with Crippen molar-refractivity contribution in [3.05, 3.63) is 20.8 Å². The lowest BCUT2D eigenvalue weighted by molar-refractivity contribution is 0.186. The van der Waals surface area contributed by atoms with E-state index >= 15 is 0 Å². The molecule has 1 aromatic rings. The summed E-state index contributed by atoms with van der Waals surface area (Å²) in [5.74, 6) is 0.571. The molecular formula is C13H20BrN3S.